The third-order valence-electron chi connectivity index (χ3n) is 4.06. The highest BCUT2D eigenvalue weighted by Crippen LogP contribution is 2.28. The average Bonchev–Trinajstić information content (AvgIpc) is 2.64. The van der Waals surface area contributed by atoms with E-state index in [2.05, 4.69) is 10.6 Å². The molecule has 7 heteroatoms. The van der Waals surface area contributed by atoms with Crippen molar-refractivity contribution in [3.05, 3.63) is 0 Å². The molecular formula is C13H21N3O4. The molecule has 112 valence electrons. The van der Waals surface area contributed by atoms with Gasteiger partial charge in [0.1, 0.15) is 5.54 Å². The molecule has 0 aromatic rings. The lowest BCUT2D eigenvalue weighted by molar-refractivity contribution is -0.146. The minimum Gasteiger partial charge on any atom is -0.480 e. The van der Waals surface area contributed by atoms with Crippen molar-refractivity contribution in [2.45, 2.75) is 44.1 Å². The Kier molecular flexibility index (Phi) is 4.46. The second-order valence-corrected chi connectivity index (χ2v) is 5.47. The smallest absolute Gasteiger partial charge is 0.329 e. The van der Waals surface area contributed by atoms with E-state index in [0.29, 0.717) is 32.5 Å². The number of rotatable bonds is 2. The first kappa shape index (κ1) is 14.6. The van der Waals surface area contributed by atoms with Gasteiger partial charge in [-0.2, -0.15) is 0 Å². The van der Waals surface area contributed by atoms with Gasteiger partial charge in [0, 0.05) is 26.1 Å². The first-order valence-corrected chi connectivity index (χ1v) is 7.11. The minimum atomic E-state index is -1.14. The summed E-state index contributed by atoms with van der Waals surface area (Å²) in [6.07, 6.45) is 3.83. The Bertz CT molecular complexity index is 404. The molecule has 0 aromatic carbocycles. The summed E-state index contributed by atoms with van der Waals surface area (Å²) < 4.78 is 0. The Labute approximate surface area is 117 Å². The van der Waals surface area contributed by atoms with Crippen molar-refractivity contribution in [2.24, 2.45) is 0 Å². The summed E-state index contributed by atoms with van der Waals surface area (Å²) in [6, 6.07) is -0.384. The Balaban J connectivity index is 2.01. The Morgan fingerprint density at radius 2 is 1.90 bits per heavy atom. The molecule has 1 aliphatic carbocycles. The molecule has 0 radical (unpaired) electrons. The van der Waals surface area contributed by atoms with Crippen LogP contribution < -0.4 is 10.6 Å². The van der Waals surface area contributed by atoms with Crippen LogP contribution in [-0.4, -0.2) is 53.1 Å². The van der Waals surface area contributed by atoms with Crippen molar-refractivity contribution < 1.29 is 19.5 Å². The van der Waals surface area contributed by atoms with Gasteiger partial charge in [-0.3, -0.25) is 4.79 Å². The van der Waals surface area contributed by atoms with Crippen LogP contribution in [0.4, 0.5) is 4.79 Å². The molecule has 1 saturated carbocycles. The molecule has 2 fully saturated rings. The van der Waals surface area contributed by atoms with Gasteiger partial charge in [0.25, 0.3) is 0 Å². The molecule has 1 saturated heterocycles. The summed E-state index contributed by atoms with van der Waals surface area (Å²) in [7, 11) is 0. The van der Waals surface area contributed by atoms with Crippen molar-refractivity contribution in [3.8, 4) is 0 Å². The van der Waals surface area contributed by atoms with Gasteiger partial charge in [-0.05, 0) is 12.8 Å². The van der Waals surface area contributed by atoms with Crippen molar-refractivity contribution >= 4 is 17.9 Å². The van der Waals surface area contributed by atoms with Crippen LogP contribution >= 0.6 is 0 Å². The number of aliphatic carboxylic acids is 1. The van der Waals surface area contributed by atoms with E-state index in [1.54, 1.807) is 0 Å². The predicted octanol–water partition coefficient (Wildman–Crippen LogP) is 0.305. The van der Waals surface area contributed by atoms with Gasteiger partial charge in [0.05, 0.1) is 0 Å². The van der Waals surface area contributed by atoms with Gasteiger partial charge in [-0.15, -0.1) is 0 Å². The first-order chi connectivity index (χ1) is 9.53. The highest BCUT2D eigenvalue weighted by atomic mass is 16.4. The van der Waals surface area contributed by atoms with Crippen molar-refractivity contribution in [1.29, 1.82) is 0 Å². The third kappa shape index (κ3) is 3.20. The number of carboxylic acids is 1. The summed E-state index contributed by atoms with van der Waals surface area (Å²) in [6.45, 7) is 1.15. The van der Waals surface area contributed by atoms with Gasteiger partial charge in [0.15, 0.2) is 0 Å². The molecule has 2 rings (SSSR count). The second-order valence-electron chi connectivity index (χ2n) is 5.47. The average molecular weight is 283 g/mol. The molecule has 0 bridgehead atoms. The van der Waals surface area contributed by atoms with Crippen molar-refractivity contribution in [2.75, 3.05) is 19.6 Å². The van der Waals surface area contributed by atoms with E-state index in [-0.39, 0.29) is 18.4 Å². The number of carbonyl (C=O) groups excluding carboxylic acids is 2. The van der Waals surface area contributed by atoms with Crippen LogP contribution in [0.2, 0.25) is 0 Å². The number of carboxylic acid groups (broad SMARTS) is 1. The Morgan fingerprint density at radius 3 is 2.55 bits per heavy atom. The SMILES string of the molecule is O=C1CCN(C(=O)NC2(C(=O)O)CCCCC2)CCN1. The summed E-state index contributed by atoms with van der Waals surface area (Å²) in [5, 5.41) is 14.8. The molecule has 3 N–H and O–H groups in total. The van der Waals surface area contributed by atoms with Crippen LogP contribution in [0.5, 0.6) is 0 Å². The Morgan fingerprint density at radius 1 is 1.20 bits per heavy atom. The number of nitrogens with zero attached hydrogens (tertiary/aromatic N) is 1. The van der Waals surface area contributed by atoms with Crippen LogP contribution in [0, 0.1) is 0 Å². The largest absolute Gasteiger partial charge is 0.480 e. The number of hydrogen-bond donors (Lipinski definition) is 3. The zero-order valence-corrected chi connectivity index (χ0v) is 11.5. The normalized spacial score (nSPS) is 22.6. The summed E-state index contributed by atoms with van der Waals surface area (Å²) >= 11 is 0. The second kappa shape index (κ2) is 6.11. The van der Waals surface area contributed by atoms with E-state index < -0.39 is 11.5 Å². The maximum atomic E-state index is 12.2. The quantitative estimate of drug-likeness (QED) is 0.679. The zero-order valence-electron chi connectivity index (χ0n) is 11.5. The number of amides is 3. The maximum absolute atomic E-state index is 12.2. The fourth-order valence-electron chi connectivity index (χ4n) is 2.80. The zero-order chi connectivity index (χ0) is 14.6. The van der Waals surface area contributed by atoms with Crippen molar-refractivity contribution in [3.63, 3.8) is 0 Å². The topological polar surface area (TPSA) is 98.7 Å². The minimum absolute atomic E-state index is 0.0779. The fraction of sp³-hybridized carbons (Fsp3) is 0.769. The van der Waals surface area contributed by atoms with Crippen LogP contribution in [0.3, 0.4) is 0 Å². The number of nitrogens with one attached hydrogen (secondary N) is 2. The summed E-state index contributed by atoms with van der Waals surface area (Å²) in [5.41, 5.74) is -1.14. The fourth-order valence-corrected chi connectivity index (χ4v) is 2.80. The lowest BCUT2D eigenvalue weighted by Gasteiger charge is -2.35. The summed E-state index contributed by atoms with van der Waals surface area (Å²) in [4.78, 5) is 36.5. The number of carbonyl (C=O) groups is 3. The Hall–Kier alpha value is -1.79. The molecular weight excluding hydrogens is 262 g/mol. The monoisotopic (exact) mass is 283 g/mol. The molecule has 1 heterocycles. The lowest BCUT2D eigenvalue weighted by Crippen LogP contribution is -2.59. The van der Waals surface area contributed by atoms with E-state index >= 15 is 0 Å². The first-order valence-electron chi connectivity index (χ1n) is 7.11. The van der Waals surface area contributed by atoms with E-state index in [0.717, 1.165) is 19.3 Å². The molecule has 2 aliphatic rings. The van der Waals surface area contributed by atoms with Gasteiger partial charge >= 0.3 is 12.0 Å². The van der Waals surface area contributed by atoms with Crippen LogP contribution in [-0.2, 0) is 9.59 Å². The molecule has 3 amide bonds. The molecule has 20 heavy (non-hydrogen) atoms. The van der Waals surface area contributed by atoms with Gasteiger partial charge in [-0.25, -0.2) is 9.59 Å². The molecule has 0 spiro atoms. The highest BCUT2D eigenvalue weighted by Gasteiger charge is 2.41. The molecule has 0 unspecified atom stereocenters. The number of urea groups is 1. The highest BCUT2D eigenvalue weighted by molar-refractivity contribution is 5.87. The van der Waals surface area contributed by atoms with Crippen LogP contribution in [0.15, 0.2) is 0 Å². The van der Waals surface area contributed by atoms with Crippen LogP contribution in [0.25, 0.3) is 0 Å². The number of hydrogen-bond acceptors (Lipinski definition) is 3. The van der Waals surface area contributed by atoms with E-state index in [4.69, 9.17) is 0 Å². The van der Waals surface area contributed by atoms with E-state index in [1.165, 1.54) is 4.90 Å². The van der Waals surface area contributed by atoms with Crippen molar-refractivity contribution in [1.82, 2.24) is 15.5 Å². The summed E-state index contributed by atoms with van der Waals surface area (Å²) in [5.74, 6) is -1.04. The molecule has 7 nitrogen and oxygen atoms in total. The standard InChI is InChI=1S/C13H21N3O4/c17-10-4-8-16(9-7-14-10)12(20)15-13(11(18)19)5-2-1-3-6-13/h1-9H2,(H,14,17)(H,15,20)(H,18,19). The third-order valence-corrected chi connectivity index (χ3v) is 4.06. The molecule has 0 aromatic heterocycles. The van der Waals surface area contributed by atoms with Gasteiger partial charge < -0.3 is 20.6 Å². The van der Waals surface area contributed by atoms with Gasteiger partial charge in [-0.1, -0.05) is 19.3 Å². The van der Waals surface area contributed by atoms with E-state index in [1.807, 2.05) is 0 Å². The maximum Gasteiger partial charge on any atom is 0.329 e. The van der Waals surface area contributed by atoms with E-state index in [9.17, 15) is 19.5 Å². The molecule has 1 aliphatic heterocycles. The predicted molar refractivity (Wildman–Crippen MR) is 71.2 cm³/mol. The van der Waals surface area contributed by atoms with Gasteiger partial charge in [0.2, 0.25) is 5.91 Å². The van der Waals surface area contributed by atoms with Crippen LogP contribution in [0.1, 0.15) is 38.5 Å². The lowest BCUT2D eigenvalue weighted by atomic mass is 9.82. The molecule has 0 atom stereocenters.